The average Bonchev–Trinajstić information content (AvgIpc) is 3.36. The molecule has 3 heterocycles. The molecule has 1 fully saturated rings. The van der Waals surface area contributed by atoms with Crippen LogP contribution in [-0.4, -0.2) is 44.1 Å². The molecule has 0 atom stereocenters. The van der Waals surface area contributed by atoms with Crippen LogP contribution in [0.4, 0.5) is 4.39 Å². The third kappa shape index (κ3) is 5.09. The zero-order valence-corrected chi connectivity index (χ0v) is 19.6. The number of H-pyrrole nitrogens is 1. The van der Waals surface area contributed by atoms with Crippen LogP contribution in [-0.2, 0) is 11.2 Å². The first-order chi connectivity index (χ1) is 17.0. The number of fused-ring (bicyclic) bond motifs is 1. The van der Waals surface area contributed by atoms with E-state index in [2.05, 4.69) is 20.2 Å². The van der Waals surface area contributed by atoms with Gasteiger partial charge in [0.15, 0.2) is 0 Å². The van der Waals surface area contributed by atoms with Gasteiger partial charge in [0.2, 0.25) is 17.7 Å². The summed E-state index contributed by atoms with van der Waals surface area (Å²) in [6.07, 6.45) is 2.96. The first-order valence-electron chi connectivity index (χ1n) is 11.5. The molecule has 1 saturated heterocycles. The van der Waals surface area contributed by atoms with Crippen LogP contribution >= 0.6 is 11.6 Å². The van der Waals surface area contributed by atoms with Crippen molar-refractivity contribution in [1.29, 1.82) is 0 Å². The van der Waals surface area contributed by atoms with Gasteiger partial charge in [-0.25, -0.2) is 9.37 Å². The van der Waals surface area contributed by atoms with E-state index >= 15 is 0 Å². The van der Waals surface area contributed by atoms with Gasteiger partial charge in [0.25, 0.3) is 5.56 Å². The van der Waals surface area contributed by atoms with E-state index in [-0.39, 0.29) is 22.4 Å². The Labute approximate surface area is 205 Å². The van der Waals surface area contributed by atoms with Gasteiger partial charge in [-0.05, 0) is 49.6 Å². The smallest absolute Gasteiger partial charge is 0.258 e. The van der Waals surface area contributed by atoms with Gasteiger partial charge in [0, 0.05) is 37.4 Å². The Morgan fingerprint density at radius 2 is 1.97 bits per heavy atom. The Hall–Kier alpha value is -3.59. The van der Waals surface area contributed by atoms with Crippen molar-refractivity contribution in [3.8, 4) is 11.5 Å². The van der Waals surface area contributed by atoms with Gasteiger partial charge in [0.1, 0.15) is 11.6 Å². The zero-order chi connectivity index (χ0) is 24.4. The fourth-order valence-corrected chi connectivity index (χ4v) is 4.52. The van der Waals surface area contributed by atoms with E-state index < -0.39 is 5.82 Å². The minimum Gasteiger partial charge on any atom is -0.420 e. The Morgan fingerprint density at radius 1 is 1.17 bits per heavy atom. The lowest BCUT2D eigenvalue weighted by Gasteiger charge is -2.30. The third-order valence-electron chi connectivity index (χ3n) is 6.27. The number of aromatic amines is 1. The summed E-state index contributed by atoms with van der Waals surface area (Å²) >= 11 is 5.84. The van der Waals surface area contributed by atoms with Crippen molar-refractivity contribution in [1.82, 2.24) is 25.1 Å². The molecule has 2 aromatic heterocycles. The lowest BCUT2D eigenvalue weighted by Crippen LogP contribution is -2.37. The van der Waals surface area contributed by atoms with Crippen molar-refractivity contribution >= 4 is 28.4 Å². The number of piperidine rings is 1. The van der Waals surface area contributed by atoms with E-state index in [4.69, 9.17) is 16.0 Å². The molecule has 8 nitrogen and oxygen atoms in total. The number of aromatic nitrogens is 4. The number of nitrogens with one attached hydrogen (secondary N) is 1. The van der Waals surface area contributed by atoms with Gasteiger partial charge in [-0.1, -0.05) is 23.7 Å². The standard InChI is InChI=1S/C25H23ClFN5O3/c26-18-14-16(8-9-19(18)27)25-31-30-24(35-25)15-10-12-32(13-11-15)22(33)7-3-6-21-28-20-5-2-1-4-17(20)23(34)29-21/h1-2,4-5,8-9,14-15H,3,6-7,10-13H2,(H,28,29,34). The minimum atomic E-state index is -0.506. The normalized spacial score (nSPS) is 14.5. The van der Waals surface area contributed by atoms with Crippen molar-refractivity contribution in [3.05, 3.63) is 75.4 Å². The summed E-state index contributed by atoms with van der Waals surface area (Å²) < 4.78 is 19.2. The average molecular weight is 496 g/mol. The molecule has 0 bridgehead atoms. The van der Waals surface area contributed by atoms with Crippen LogP contribution in [0.2, 0.25) is 5.02 Å². The summed E-state index contributed by atoms with van der Waals surface area (Å²) in [5, 5.41) is 8.79. The topological polar surface area (TPSA) is 105 Å². The molecule has 2 aromatic carbocycles. The molecule has 0 spiro atoms. The molecular formula is C25H23ClFN5O3. The summed E-state index contributed by atoms with van der Waals surface area (Å²) in [6.45, 7) is 1.21. The van der Waals surface area contributed by atoms with Crippen LogP contribution in [0.1, 0.15) is 43.3 Å². The molecule has 10 heteroatoms. The molecular weight excluding hydrogens is 473 g/mol. The second-order valence-electron chi connectivity index (χ2n) is 8.61. The fourth-order valence-electron chi connectivity index (χ4n) is 4.34. The lowest BCUT2D eigenvalue weighted by atomic mass is 9.96. The number of aryl methyl sites for hydroxylation is 1. The number of hydrogen-bond acceptors (Lipinski definition) is 6. The number of rotatable bonds is 6. The van der Waals surface area contributed by atoms with Crippen molar-refractivity contribution in [2.45, 2.75) is 38.0 Å². The quantitative estimate of drug-likeness (QED) is 0.422. The fraction of sp³-hybridized carbons (Fsp3) is 0.320. The van der Waals surface area contributed by atoms with E-state index in [0.29, 0.717) is 66.4 Å². The minimum absolute atomic E-state index is 0.00294. The van der Waals surface area contributed by atoms with E-state index in [1.54, 1.807) is 18.2 Å². The van der Waals surface area contributed by atoms with Gasteiger partial charge in [0.05, 0.1) is 15.9 Å². The number of carbonyl (C=O) groups excluding carboxylic acids is 1. The van der Waals surface area contributed by atoms with Crippen LogP contribution in [0.3, 0.4) is 0 Å². The van der Waals surface area contributed by atoms with Crippen LogP contribution in [0.5, 0.6) is 0 Å². The molecule has 0 radical (unpaired) electrons. The molecule has 5 rings (SSSR count). The Kier molecular flexibility index (Phi) is 6.59. The number of hydrogen-bond donors (Lipinski definition) is 1. The number of benzene rings is 2. The van der Waals surface area contributed by atoms with E-state index in [0.717, 1.165) is 12.8 Å². The van der Waals surface area contributed by atoms with Gasteiger partial charge in [-0.3, -0.25) is 9.59 Å². The molecule has 4 aromatic rings. The summed E-state index contributed by atoms with van der Waals surface area (Å²) in [7, 11) is 0. The van der Waals surface area contributed by atoms with Crippen molar-refractivity contribution < 1.29 is 13.6 Å². The van der Waals surface area contributed by atoms with Crippen LogP contribution in [0, 0.1) is 5.82 Å². The molecule has 1 amide bonds. The Bertz CT molecular complexity index is 1430. The molecule has 1 N–H and O–H groups in total. The first-order valence-corrected chi connectivity index (χ1v) is 11.9. The van der Waals surface area contributed by atoms with Crippen LogP contribution in [0.25, 0.3) is 22.4 Å². The van der Waals surface area contributed by atoms with Gasteiger partial charge in [-0.2, -0.15) is 0 Å². The van der Waals surface area contributed by atoms with E-state index in [9.17, 15) is 14.0 Å². The van der Waals surface area contributed by atoms with E-state index in [1.165, 1.54) is 12.1 Å². The molecule has 180 valence electrons. The largest absolute Gasteiger partial charge is 0.420 e. The number of amides is 1. The number of nitrogens with zero attached hydrogens (tertiary/aromatic N) is 4. The third-order valence-corrected chi connectivity index (χ3v) is 6.56. The molecule has 0 unspecified atom stereocenters. The first kappa shape index (κ1) is 23.2. The molecule has 1 aliphatic rings. The van der Waals surface area contributed by atoms with Gasteiger partial charge < -0.3 is 14.3 Å². The van der Waals surface area contributed by atoms with Gasteiger partial charge >= 0.3 is 0 Å². The van der Waals surface area contributed by atoms with Crippen molar-refractivity contribution in [3.63, 3.8) is 0 Å². The van der Waals surface area contributed by atoms with Crippen molar-refractivity contribution in [2.24, 2.45) is 0 Å². The number of carbonyl (C=O) groups is 1. The van der Waals surface area contributed by atoms with Crippen LogP contribution in [0.15, 0.2) is 51.7 Å². The second kappa shape index (κ2) is 9.95. The maximum Gasteiger partial charge on any atom is 0.258 e. The maximum absolute atomic E-state index is 13.4. The lowest BCUT2D eigenvalue weighted by molar-refractivity contribution is -0.132. The van der Waals surface area contributed by atoms with Crippen LogP contribution < -0.4 is 5.56 Å². The highest BCUT2D eigenvalue weighted by molar-refractivity contribution is 6.31. The highest BCUT2D eigenvalue weighted by Crippen LogP contribution is 2.30. The number of para-hydroxylation sites is 1. The summed E-state index contributed by atoms with van der Waals surface area (Å²) in [6, 6.07) is 11.5. The Balaban J connectivity index is 1.12. The zero-order valence-electron chi connectivity index (χ0n) is 18.8. The molecule has 0 aliphatic carbocycles. The second-order valence-corrected chi connectivity index (χ2v) is 9.02. The summed E-state index contributed by atoms with van der Waals surface area (Å²) in [5.74, 6) is 1.03. The number of halogens is 2. The number of likely N-dealkylation sites (tertiary alicyclic amines) is 1. The SMILES string of the molecule is O=C(CCCc1nc2ccccc2c(=O)[nH]1)N1CCC(c2nnc(-c3ccc(F)c(Cl)c3)o2)CC1. The molecule has 1 aliphatic heterocycles. The summed E-state index contributed by atoms with van der Waals surface area (Å²) in [4.78, 5) is 34.0. The predicted molar refractivity (Wildman–Crippen MR) is 129 cm³/mol. The maximum atomic E-state index is 13.4. The van der Waals surface area contributed by atoms with Gasteiger partial charge in [-0.15, -0.1) is 10.2 Å². The summed E-state index contributed by atoms with van der Waals surface area (Å²) in [5.41, 5.74) is 1.06. The Morgan fingerprint density at radius 3 is 2.77 bits per heavy atom. The van der Waals surface area contributed by atoms with Crippen molar-refractivity contribution in [2.75, 3.05) is 13.1 Å². The highest BCUT2D eigenvalue weighted by Gasteiger charge is 2.27. The molecule has 0 saturated carbocycles. The highest BCUT2D eigenvalue weighted by atomic mass is 35.5. The van der Waals surface area contributed by atoms with E-state index in [1.807, 2.05) is 17.0 Å². The predicted octanol–water partition coefficient (Wildman–Crippen LogP) is 4.49. The molecule has 35 heavy (non-hydrogen) atoms. The monoisotopic (exact) mass is 495 g/mol.